The molecule has 88 valence electrons. The molecule has 3 aliphatic carbocycles. The molecule has 0 aromatic rings. The van der Waals surface area contributed by atoms with E-state index in [-0.39, 0.29) is 77.1 Å². The minimum absolute atomic E-state index is 0. The molecule has 0 N–H and O–H groups in total. The van der Waals surface area contributed by atoms with Crippen molar-refractivity contribution in [2.45, 2.75) is 43.6 Å². The van der Waals surface area contributed by atoms with Gasteiger partial charge in [0, 0.05) is 6.42 Å². The molecule has 0 aromatic carbocycles. The molecule has 0 aromatic heterocycles. The Balaban J connectivity index is 0.00000128. The van der Waals surface area contributed by atoms with Gasteiger partial charge in [0.05, 0.1) is 0 Å². The molecule has 0 unspecified atom stereocenters. The van der Waals surface area contributed by atoms with Gasteiger partial charge in [-0.3, -0.25) is 0 Å². The van der Waals surface area contributed by atoms with Crippen LogP contribution in [0.15, 0.2) is 0 Å². The smallest absolute Gasteiger partial charge is 0.449 e. The van der Waals surface area contributed by atoms with Crippen molar-refractivity contribution < 1.29 is 77.5 Å². The van der Waals surface area contributed by atoms with Crippen LogP contribution in [0.1, 0.15) is 32.1 Å². The Hall–Kier alpha value is 1.28. The summed E-state index contributed by atoms with van der Waals surface area (Å²) in [5, 5.41) is -1.56. The summed E-state index contributed by atoms with van der Waals surface area (Å²) in [7, 11) is 0. The molecule has 0 aliphatic heterocycles. The zero-order valence-corrected chi connectivity index (χ0v) is 12.0. The molecule has 16 heavy (non-hydrogen) atoms. The van der Waals surface area contributed by atoms with Crippen LogP contribution in [-0.4, -0.2) is 13.2 Å². The molecule has 3 rings (SSSR count). The van der Waals surface area contributed by atoms with E-state index in [2.05, 4.69) is 0 Å². The second kappa shape index (κ2) is 4.15. The van der Waals surface area contributed by atoms with E-state index in [0.29, 0.717) is 0 Å². The number of hydrogen-bond donors (Lipinski definition) is 0. The quantitative estimate of drug-likeness (QED) is 0.532. The van der Waals surface area contributed by atoms with Crippen molar-refractivity contribution in [1.29, 1.82) is 0 Å². The van der Waals surface area contributed by atoms with E-state index < -0.39 is 30.3 Å². The van der Waals surface area contributed by atoms with Gasteiger partial charge in [0.25, 0.3) is 0 Å². The van der Waals surface area contributed by atoms with Crippen molar-refractivity contribution in [3.8, 4) is 0 Å². The van der Waals surface area contributed by atoms with Crippen LogP contribution in [0.5, 0.6) is 0 Å². The van der Waals surface area contributed by atoms with Gasteiger partial charge in [-0.2, -0.15) is 13.2 Å². The van der Waals surface area contributed by atoms with E-state index in [0.717, 1.165) is 0 Å². The van der Waals surface area contributed by atoms with E-state index in [4.69, 9.17) is 0 Å². The van der Waals surface area contributed by atoms with E-state index in [1.807, 2.05) is 0 Å². The first-order valence-electron chi connectivity index (χ1n) is 4.84. The fourth-order valence-corrected chi connectivity index (χ4v) is 3.10. The average Bonchev–Trinajstić information content (AvgIpc) is 1.73. The minimum atomic E-state index is -4.86. The zero-order chi connectivity index (χ0) is 11.5. The number of alkyl halides is 3. The molecule has 0 atom stereocenters. The van der Waals surface area contributed by atoms with Crippen LogP contribution in [0.25, 0.3) is 0 Å². The van der Waals surface area contributed by atoms with Crippen molar-refractivity contribution >= 4 is 6.98 Å². The molecule has 2 bridgehead atoms. The SMILES string of the molecule is F[B-](F)(F)C12CC(CCC(F)(F)F)(C1)C2.[K+]. The van der Waals surface area contributed by atoms with Gasteiger partial charge in [0.15, 0.2) is 0 Å². The van der Waals surface area contributed by atoms with E-state index in [9.17, 15) is 26.1 Å². The summed E-state index contributed by atoms with van der Waals surface area (Å²) in [6.45, 7) is -4.86. The maximum Gasteiger partial charge on any atom is 1.00 e. The third-order valence-corrected chi connectivity index (χ3v) is 3.81. The molecule has 8 heteroatoms. The summed E-state index contributed by atoms with van der Waals surface area (Å²) in [4.78, 5) is 0. The summed E-state index contributed by atoms with van der Waals surface area (Å²) in [6, 6.07) is 0. The van der Waals surface area contributed by atoms with Crippen LogP contribution in [-0.2, 0) is 0 Å². The molecule has 0 nitrogen and oxygen atoms in total. The van der Waals surface area contributed by atoms with Crippen LogP contribution >= 0.6 is 0 Å². The van der Waals surface area contributed by atoms with Crippen molar-refractivity contribution in [3.05, 3.63) is 0 Å². The average molecular weight is 270 g/mol. The maximum atomic E-state index is 12.4. The van der Waals surface area contributed by atoms with Gasteiger partial charge in [-0.1, -0.05) is 24.6 Å². The Labute approximate surface area is 132 Å². The van der Waals surface area contributed by atoms with Crippen molar-refractivity contribution in [2.24, 2.45) is 5.41 Å². The molecule has 0 radical (unpaired) electrons. The topological polar surface area (TPSA) is 0 Å². The number of hydrogen-bond acceptors (Lipinski definition) is 0. The normalized spacial score (nSPS) is 37.1. The zero-order valence-electron chi connectivity index (χ0n) is 8.88. The predicted molar refractivity (Wildman–Crippen MR) is 43.3 cm³/mol. The summed E-state index contributed by atoms with van der Waals surface area (Å²) in [6.07, 6.45) is -5.54. The van der Waals surface area contributed by atoms with Gasteiger partial charge in [-0.05, 0) is 11.8 Å². The molecular weight excluding hydrogens is 260 g/mol. The van der Waals surface area contributed by atoms with E-state index in [1.165, 1.54) is 0 Å². The van der Waals surface area contributed by atoms with Crippen LogP contribution in [0, 0.1) is 5.41 Å². The van der Waals surface area contributed by atoms with Crippen molar-refractivity contribution in [3.63, 3.8) is 0 Å². The molecule has 3 saturated carbocycles. The molecule has 0 spiro atoms. The number of halogens is 6. The second-order valence-electron chi connectivity index (χ2n) is 5.08. The molecule has 0 amide bonds. The number of rotatable bonds is 3. The summed E-state index contributed by atoms with van der Waals surface area (Å²) < 4.78 is 72.8. The van der Waals surface area contributed by atoms with Crippen LogP contribution in [0.3, 0.4) is 0 Å². The third kappa shape index (κ3) is 2.50. The van der Waals surface area contributed by atoms with Gasteiger partial charge < -0.3 is 12.9 Å². The Morgan fingerprint density at radius 3 is 1.75 bits per heavy atom. The van der Waals surface area contributed by atoms with Gasteiger partial charge in [0.1, 0.15) is 0 Å². The molecule has 0 saturated heterocycles. The summed E-state index contributed by atoms with van der Waals surface area (Å²) in [5.74, 6) is 0. The van der Waals surface area contributed by atoms with Crippen LogP contribution in [0.2, 0.25) is 5.31 Å². The largest absolute Gasteiger partial charge is 1.00 e. The van der Waals surface area contributed by atoms with Gasteiger partial charge >= 0.3 is 64.5 Å². The summed E-state index contributed by atoms with van der Waals surface area (Å²) >= 11 is 0. The molecule has 3 aliphatic rings. The van der Waals surface area contributed by atoms with E-state index in [1.54, 1.807) is 0 Å². The second-order valence-corrected chi connectivity index (χ2v) is 5.08. The van der Waals surface area contributed by atoms with Crippen molar-refractivity contribution in [2.75, 3.05) is 0 Å². The Morgan fingerprint density at radius 2 is 1.44 bits per heavy atom. The molecule has 0 heterocycles. The monoisotopic (exact) mass is 270 g/mol. The van der Waals surface area contributed by atoms with Crippen LogP contribution in [0.4, 0.5) is 26.1 Å². The Kier molecular flexibility index (Phi) is 3.98. The first kappa shape index (κ1) is 15.3. The van der Waals surface area contributed by atoms with Gasteiger partial charge in [0.2, 0.25) is 0 Å². The minimum Gasteiger partial charge on any atom is -0.449 e. The van der Waals surface area contributed by atoms with E-state index >= 15 is 0 Å². The van der Waals surface area contributed by atoms with Crippen LogP contribution < -0.4 is 51.4 Å². The molecular formula is C8H10BF6K. The fourth-order valence-electron chi connectivity index (χ4n) is 3.10. The first-order valence-corrected chi connectivity index (χ1v) is 4.84. The van der Waals surface area contributed by atoms with Gasteiger partial charge in [-0.15, -0.1) is 0 Å². The van der Waals surface area contributed by atoms with Gasteiger partial charge in [-0.25, -0.2) is 0 Å². The summed E-state index contributed by atoms with van der Waals surface area (Å²) in [5.41, 5.74) is -0.632. The predicted octanol–water partition coefficient (Wildman–Crippen LogP) is 1.10. The standard InChI is InChI=1S/C8H10BF6.K/c10-8(11,12)2-1-6-3-7(4-6,5-6)9(13,14)15;/h1-5H2;/q-1;+1. The first-order chi connectivity index (χ1) is 6.58. The fraction of sp³-hybridized carbons (Fsp3) is 1.00. The Morgan fingerprint density at radius 1 is 1.00 bits per heavy atom. The van der Waals surface area contributed by atoms with Crippen molar-refractivity contribution in [1.82, 2.24) is 0 Å². The molecule has 3 fully saturated rings. The Bertz CT molecular complexity index is 257. The maximum absolute atomic E-state index is 12.4. The third-order valence-electron chi connectivity index (χ3n) is 3.81.